The van der Waals surface area contributed by atoms with Crippen molar-refractivity contribution in [1.29, 1.82) is 0 Å². The molecule has 0 fully saturated rings. The van der Waals surface area contributed by atoms with Crippen LogP contribution in [0.15, 0.2) is 18.2 Å². The van der Waals surface area contributed by atoms with E-state index >= 15 is 0 Å². The van der Waals surface area contributed by atoms with Crippen LogP contribution in [0.3, 0.4) is 0 Å². The number of aryl methyl sites for hydroxylation is 1. The summed E-state index contributed by atoms with van der Waals surface area (Å²) in [6, 6.07) is 3.66. The van der Waals surface area contributed by atoms with Crippen molar-refractivity contribution in [3.8, 4) is 5.75 Å². The smallest absolute Gasteiger partial charge is 0.410 e. The molecule has 0 unspecified atom stereocenters. The first-order chi connectivity index (χ1) is 10.0. The first-order valence-corrected chi connectivity index (χ1v) is 6.98. The molecule has 0 bridgehead atoms. The summed E-state index contributed by atoms with van der Waals surface area (Å²) in [5.74, 6) is -0.991. The van der Waals surface area contributed by atoms with Gasteiger partial charge in [0.25, 0.3) is 0 Å². The van der Waals surface area contributed by atoms with Gasteiger partial charge < -0.3 is 14.9 Å². The Morgan fingerprint density at radius 3 is 2.36 bits per heavy atom. The summed E-state index contributed by atoms with van der Waals surface area (Å²) in [5.41, 5.74) is 0.826. The second kappa shape index (κ2) is 6.68. The number of likely N-dealkylation sites (N-methyl/N-ethyl adjacent to an activating group) is 1. The predicted molar refractivity (Wildman–Crippen MR) is 82.0 cm³/mol. The third kappa shape index (κ3) is 4.95. The quantitative estimate of drug-likeness (QED) is 0.892. The van der Waals surface area contributed by atoms with E-state index in [1.807, 2.05) is 0 Å². The van der Waals surface area contributed by atoms with Gasteiger partial charge in [-0.25, -0.2) is 9.59 Å². The molecular weight excluding hydrogens is 286 g/mol. The lowest BCUT2D eigenvalue weighted by molar-refractivity contribution is -0.142. The zero-order chi connectivity index (χ0) is 17.1. The molecule has 0 aromatic heterocycles. The van der Waals surface area contributed by atoms with E-state index in [9.17, 15) is 19.8 Å². The third-order valence-electron chi connectivity index (χ3n) is 3.17. The molecule has 0 aliphatic rings. The summed E-state index contributed by atoms with van der Waals surface area (Å²) < 4.78 is 5.20. The Kier molecular flexibility index (Phi) is 5.41. The van der Waals surface area contributed by atoms with Gasteiger partial charge in [-0.2, -0.15) is 0 Å². The van der Waals surface area contributed by atoms with Crippen molar-refractivity contribution in [2.24, 2.45) is 0 Å². The van der Waals surface area contributed by atoms with Gasteiger partial charge in [0, 0.05) is 13.5 Å². The van der Waals surface area contributed by atoms with E-state index in [-0.39, 0.29) is 12.2 Å². The number of phenolic OH excluding ortho intramolecular Hbond substituents is 1. The molecule has 0 spiro atoms. The Morgan fingerprint density at radius 1 is 1.32 bits per heavy atom. The van der Waals surface area contributed by atoms with E-state index in [1.165, 1.54) is 13.1 Å². The lowest BCUT2D eigenvalue weighted by Crippen LogP contribution is -2.46. The van der Waals surface area contributed by atoms with Gasteiger partial charge in [-0.05, 0) is 51.0 Å². The van der Waals surface area contributed by atoms with Crippen LogP contribution in [-0.4, -0.2) is 45.9 Å². The topological polar surface area (TPSA) is 87.1 Å². The van der Waals surface area contributed by atoms with Gasteiger partial charge in [0.05, 0.1) is 0 Å². The van der Waals surface area contributed by atoms with Crippen molar-refractivity contribution in [2.45, 2.75) is 45.8 Å². The number of rotatable bonds is 4. The number of aromatic hydroxyl groups is 1. The normalized spacial score (nSPS) is 12.6. The SMILES string of the molecule is Cc1cc(O)ccc1C[C@@H](C(=O)O)N(C)C(=O)OC(C)(C)C. The fraction of sp³-hybridized carbons (Fsp3) is 0.500. The van der Waals surface area contributed by atoms with E-state index in [1.54, 1.807) is 39.8 Å². The van der Waals surface area contributed by atoms with E-state index in [4.69, 9.17) is 4.74 Å². The number of carboxylic acid groups (broad SMARTS) is 1. The van der Waals surface area contributed by atoms with Gasteiger partial charge in [-0.1, -0.05) is 6.07 Å². The third-order valence-corrected chi connectivity index (χ3v) is 3.17. The summed E-state index contributed by atoms with van der Waals surface area (Å²) in [7, 11) is 1.41. The minimum atomic E-state index is -1.11. The van der Waals surface area contributed by atoms with Crippen LogP contribution in [0.1, 0.15) is 31.9 Å². The number of hydrogen-bond donors (Lipinski definition) is 2. The lowest BCUT2D eigenvalue weighted by atomic mass is 10.00. The highest BCUT2D eigenvalue weighted by Gasteiger charge is 2.30. The summed E-state index contributed by atoms with van der Waals surface area (Å²) in [5, 5.41) is 18.8. The van der Waals surface area contributed by atoms with Gasteiger partial charge >= 0.3 is 12.1 Å². The summed E-state index contributed by atoms with van der Waals surface area (Å²) in [4.78, 5) is 24.6. The first kappa shape index (κ1) is 17.8. The standard InChI is InChI=1S/C16H23NO5/c1-10-8-12(18)7-6-11(10)9-13(14(19)20)17(5)15(21)22-16(2,3)4/h6-8,13,18H,9H2,1-5H3,(H,19,20)/t13-/m0/s1. The maximum Gasteiger partial charge on any atom is 0.410 e. The molecule has 0 aliphatic heterocycles. The number of aliphatic carboxylic acids is 1. The van der Waals surface area contributed by atoms with Crippen LogP contribution in [0, 0.1) is 6.92 Å². The molecule has 1 aromatic carbocycles. The molecular formula is C16H23NO5. The van der Waals surface area contributed by atoms with Gasteiger partial charge in [-0.15, -0.1) is 0 Å². The van der Waals surface area contributed by atoms with E-state index < -0.39 is 23.7 Å². The summed E-state index contributed by atoms with van der Waals surface area (Å²) in [6.45, 7) is 6.94. The first-order valence-electron chi connectivity index (χ1n) is 6.98. The minimum absolute atomic E-state index is 0.119. The zero-order valence-corrected chi connectivity index (χ0v) is 13.6. The van der Waals surface area contributed by atoms with Gasteiger partial charge in [-0.3, -0.25) is 4.90 Å². The molecule has 1 atom stereocenters. The fourth-order valence-corrected chi connectivity index (χ4v) is 1.97. The minimum Gasteiger partial charge on any atom is -0.508 e. The van der Waals surface area contributed by atoms with Crippen LogP contribution in [0.5, 0.6) is 5.75 Å². The van der Waals surface area contributed by atoms with Gasteiger partial charge in [0.2, 0.25) is 0 Å². The number of ether oxygens (including phenoxy) is 1. The van der Waals surface area contributed by atoms with Gasteiger partial charge in [0.1, 0.15) is 17.4 Å². The Morgan fingerprint density at radius 2 is 1.91 bits per heavy atom. The molecule has 2 N–H and O–H groups in total. The molecule has 1 amide bonds. The molecule has 1 aromatic rings. The van der Waals surface area contributed by atoms with Crippen LogP contribution in [0.4, 0.5) is 4.79 Å². The Labute approximate surface area is 130 Å². The molecule has 1 rings (SSSR count). The molecule has 0 aliphatic carbocycles. The van der Waals surface area contributed by atoms with Crippen LogP contribution in [-0.2, 0) is 16.0 Å². The van der Waals surface area contributed by atoms with Crippen molar-refractivity contribution in [3.05, 3.63) is 29.3 Å². The maximum atomic E-state index is 12.0. The van der Waals surface area contributed by atoms with Crippen molar-refractivity contribution < 1.29 is 24.5 Å². The maximum absolute atomic E-state index is 12.0. The summed E-state index contributed by atoms with van der Waals surface area (Å²) in [6.07, 6.45) is -0.548. The number of hydrogen-bond acceptors (Lipinski definition) is 4. The van der Waals surface area contributed by atoms with Crippen molar-refractivity contribution in [3.63, 3.8) is 0 Å². The Hall–Kier alpha value is -2.24. The molecule has 122 valence electrons. The molecule has 0 saturated carbocycles. The van der Waals surface area contributed by atoms with Crippen molar-refractivity contribution in [2.75, 3.05) is 7.05 Å². The number of carbonyl (C=O) groups excluding carboxylic acids is 1. The highest BCUT2D eigenvalue weighted by molar-refractivity contribution is 5.80. The molecule has 6 nitrogen and oxygen atoms in total. The molecule has 0 radical (unpaired) electrons. The van der Waals surface area contributed by atoms with Gasteiger partial charge in [0.15, 0.2) is 0 Å². The van der Waals surface area contributed by atoms with E-state index in [0.717, 1.165) is 16.0 Å². The van der Waals surface area contributed by atoms with Crippen molar-refractivity contribution >= 4 is 12.1 Å². The number of carboxylic acids is 1. The average Bonchev–Trinajstić information content (AvgIpc) is 2.34. The van der Waals surface area contributed by atoms with E-state index in [0.29, 0.717) is 0 Å². The fourth-order valence-electron chi connectivity index (χ4n) is 1.97. The predicted octanol–water partition coefficient (Wildman–Crippen LogP) is 2.56. The van der Waals surface area contributed by atoms with Crippen molar-refractivity contribution in [1.82, 2.24) is 4.90 Å². The van der Waals surface area contributed by atoms with Crippen LogP contribution in [0.2, 0.25) is 0 Å². The zero-order valence-electron chi connectivity index (χ0n) is 13.6. The second-order valence-electron chi connectivity index (χ2n) is 6.26. The number of amides is 1. The highest BCUT2D eigenvalue weighted by atomic mass is 16.6. The molecule has 22 heavy (non-hydrogen) atoms. The number of benzene rings is 1. The molecule has 6 heteroatoms. The second-order valence-corrected chi connectivity index (χ2v) is 6.26. The monoisotopic (exact) mass is 309 g/mol. The molecule has 0 heterocycles. The Balaban J connectivity index is 2.94. The number of nitrogens with zero attached hydrogens (tertiary/aromatic N) is 1. The highest BCUT2D eigenvalue weighted by Crippen LogP contribution is 2.19. The van der Waals surface area contributed by atoms with Crippen LogP contribution >= 0.6 is 0 Å². The largest absolute Gasteiger partial charge is 0.508 e. The summed E-state index contributed by atoms with van der Waals surface area (Å²) >= 11 is 0. The van der Waals surface area contributed by atoms with Crippen LogP contribution in [0.25, 0.3) is 0 Å². The van der Waals surface area contributed by atoms with E-state index in [2.05, 4.69) is 0 Å². The number of phenols is 1. The number of carbonyl (C=O) groups is 2. The average molecular weight is 309 g/mol. The van der Waals surface area contributed by atoms with Crippen LogP contribution < -0.4 is 0 Å². The lowest BCUT2D eigenvalue weighted by Gasteiger charge is -2.28. The Bertz CT molecular complexity index is 562. The molecule has 0 saturated heterocycles.